The lowest BCUT2D eigenvalue weighted by atomic mass is 10.2. The molecule has 0 aliphatic rings. The van der Waals surface area contributed by atoms with Crippen LogP contribution in [-0.2, 0) is 4.79 Å². The lowest BCUT2D eigenvalue weighted by Gasteiger charge is -2.15. The van der Waals surface area contributed by atoms with Crippen molar-refractivity contribution in [2.45, 2.75) is 20.0 Å². The standard InChI is InChI=1S/C18H18BrClN2O4/c1-10-6-13(20)4-5-15(10)26-11(2)18(24)22-21-9-12-7-14(19)17(23)16(8-12)25-3/h4-9,11,23H,1-3H3,(H,22,24)/b21-9-/t11-/m0/s1. The van der Waals surface area contributed by atoms with Gasteiger partial charge in [-0.1, -0.05) is 11.6 Å². The fourth-order valence-electron chi connectivity index (χ4n) is 2.07. The first kappa shape index (κ1) is 20.1. The van der Waals surface area contributed by atoms with Crippen LogP contribution in [0.5, 0.6) is 17.2 Å². The van der Waals surface area contributed by atoms with E-state index in [4.69, 9.17) is 21.1 Å². The third-order valence-corrected chi connectivity index (χ3v) is 4.31. The van der Waals surface area contributed by atoms with Crippen molar-refractivity contribution in [2.75, 3.05) is 7.11 Å². The first-order chi connectivity index (χ1) is 12.3. The summed E-state index contributed by atoms with van der Waals surface area (Å²) in [6, 6.07) is 8.40. The third kappa shape index (κ3) is 5.12. The Bertz CT molecular complexity index is 842. The second-order valence-corrected chi connectivity index (χ2v) is 6.75. The van der Waals surface area contributed by atoms with E-state index in [1.807, 2.05) is 6.92 Å². The van der Waals surface area contributed by atoms with Crippen LogP contribution in [0.4, 0.5) is 0 Å². The minimum Gasteiger partial charge on any atom is -0.503 e. The molecule has 0 bridgehead atoms. The molecule has 0 aliphatic heterocycles. The highest BCUT2D eigenvalue weighted by molar-refractivity contribution is 9.10. The number of benzene rings is 2. The fourth-order valence-corrected chi connectivity index (χ4v) is 2.76. The highest BCUT2D eigenvalue weighted by Gasteiger charge is 2.15. The van der Waals surface area contributed by atoms with Gasteiger partial charge in [0.2, 0.25) is 0 Å². The van der Waals surface area contributed by atoms with Gasteiger partial charge in [0.15, 0.2) is 17.6 Å². The van der Waals surface area contributed by atoms with Crippen molar-refractivity contribution >= 4 is 39.7 Å². The summed E-state index contributed by atoms with van der Waals surface area (Å²) in [5, 5.41) is 14.3. The molecule has 0 saturated heterocycles. The molecule has 0 spiro atoms. The molecule has 138 valence electrons. The summed E-state index contributed by atoms with van der Waals surface area (Å²) in [4.78, 5) is 12.1. The molecule has 0 aromatic heterocycles. The lowest BCUT2D eigenvalue weighted by molar-refractivity contribution is -0.127. The van der Waals surface area contributed by atoms with Crippen LogP contribution in [0, 0.1) is 6.92 Å². The van der Waals surface area contributed by atoms with E-state index in [9.17, 15) is 9.90 Å². The molecule has 2 aromatic carbocycles. The average Bonchev–Trinajstić information content (AvgIpc) is 2.60. The molecule has 0 fully saturated rings. The highest BCUT2D eigenvalue weighted by atomic mass is 79.9. The molecular formula is C18H18BrClN2O4. The van der Waals surface area contributed by atoms with Crippen molar-refractivity contribution in [3.63, 3.8) is 0 Å². The molecule has 6 nitrogen and oxygen atoms in total. The number of carbonyl (C=O) groups excluding carboxylic acids is 1. The number of nitrogens with zero attached hydrogens (tertiary/aromatic N) is 1. The summed E-state index contributed by atoms with van der Waals surface area (Å²) in [5.74, 6) is 0.463. The number of carbonyl (C=O) groups is 1. The maximum absolute atomic E-state index is 12.1. The highest BCUT2D eigenvalue weighted by Crippen LogP contribution is 2.34. The number of halogens is 2. The Balaban J connectivity index is 1.99. The maximum atomic E-state index is 12.1. The number of phenolic OH excluding ortho intramolecular Hbond substituents is 1. The van der Waals surface area contributed by atoms with Crippen molar-refractivity contribution < 1.29 is 19.4 Å². The molecule has 8 heteroatoms. The number of ether oxygens (including phenoxy) is 2. The summed E-state index contributed by atoms with van der Waals surface area (Å²) in [6.45, 7) is 3.47. The number of hydrazone groups is 1. The van der Waals surface area contributed by atoms with E-state index in [2.05, 4.69) is 26.5 Å². The number of rotatable bonds is 6. The van der Waals surface area contributed by atoms with Crippen molar-refractivity contribution in [1.29, 1.82) is 0 Å². The second kappa shape index (κ2) is 8.91. The molecule has 0 radical (unpaired) electrons. The maximum Gasteiger partial charge on any atom is 0.280 e. The van der Waals surface area contributed by atoms with Gasteiger partial charge in [0, 0.05) is 5.02 Å². The third-order valence-electron chi connectivity index (χ3n) is 3.47. The minimum atomic E-state index is -0.742. The van der Waals surface area contributed by atoms with Gasteiger partial charge in [0.1, 0.15) is 5.75 Å². The zero-order chi connectivity index (χ0) is 19.3. The fraction of sp³-hybridized carbons (Fsp3) is 0.222. The normalized spacial score (nSPS) is 12.0. The number of aromatic hydroxyl groups is 1. The topological polar surface area (TPSA) is 80.2 Å². The van der Waals surface area contributed by atoms with Gasteiger partial charge in [-0.15, -0.1) is 0 Å². The first-order valence-electron chi connectivity index (χ1n) is 7.64. The number of hydrogen-bond donors (Lipinski definition) is 2. The van der Waals surface area contributed by atoms with Crippen molar-refractivity contribution in [2.24, 2.45) is 5.10 Å². The second-order valence-electron chi connectivity index (χ2n) is 5.46. The Labute approximate surface area is 164 Å². The average molecular weight is 442 g/mol. The zero-order valence-electron chi connectivity index (χ0n) is 14.4. The number of amides is 1. The number of aryl methyl sites for hydroxylation is 1. The molecule has 0 heterocycles. The van der Waals surface area contributed by atoms with Crippen LogP contribution in [0.25, 0.3) is 0 Å². The summed E-state index contributed by atoms with van der Waals surface area (Å²) in [7, 11) is 1.45. The molecule has 0 aliphatic carbocycles. The predicted octanol–water partition coefficient (Wildman–Crippen LogP) is 4.04. The Hall–Kier alpha value is -2.25. The minimum absolute atomic E-state index is 0.00552. The largest absolute Gasteiger partial charge is 0.503 e. The van der Waals surface area contributed by atoms with Crippen LogP contribution in [0.3, 0.4) is 0 Å². The van der Waals surface area contributed by atoms with E-state index in [-0.39, 0.29) is 5.75 Å². The Morgan fingerprint density at radius 2 is 2.08 bits per heavy atom. The van der Waals surface area contributed by atoms with Gasteiger partial charge in [-0.25, -0.2) is 5.43 Å². The van der Waals surface area contributed by atoms with E-state index < -0.39 is 12.0 Å². The smallest absolute Gasteiger partial charge is 0.280 e. The molecule has 26 heavy (non-hydrogen) atoms. The van der Waals surface area contributed by atoms with Crippen LogP contribution in [-0.4, -0.2) is 30.4 Å². The van der Waals surface area contributed by atoms with Gasteiger partial charge >= 0.3 is 0 Å². The van der Waals surface area contributed by atoms with Crippen LogP contribution < -0.4 is 14.9 Å². The van der Waals surface area contributed by atoms with Crippen molar-refractivity contribution in [1.82, 2.24) is 5.43 Å². The first-order valence-corrected chi connectivity index (χ1v) is 8.81. The monoisotopic (exact) mass is 440 g/mol. The summed E-state index contributed by atoms with van der Waals surface area (Å²) < 4.78 is 11.1. The van der Waals surface area contributed by atoms with Crippen LogP contribution in [0.2, 0.25) is 5.02 Å². The van der Waals surface area contributed by atoms with Crippen LogP contribution in [0.15, 0.2) is 39.9 Å². The van der Waals surface area contributed by atoms with E-state index in [1.165, 1.54) is 13.3 Å². The van der Waals surface area contributed by atoms with Crippen LogP contribution in [0.1, 0.15) is 18.1 Å². The molecule has 0 unspecified atom stereocenters. The van der Waals surface area contributed by atoms with Gasteiger partial charge in [-0.2, -0.15) is 5.10 Å². The van der Waals surface area contributed by atoms with E-state index in [1.54, 1.807) is 37.3 Å². The van der Waals surface area contributed by atoms with E-state index >= 15 is 0 Å². The van der Waals surface area contributed by atoms with Gasteiger partial charge < -0.3 is 14.6 Å². The summed E-state index contributed by atoms with van der Waals surface area (Å²) >= 11 is 9.13. The quantitative estimate of drug-likeness (QED) is 0.524. The summed E-state index contributed by atoms with van der Waals surface area (Å²) in [6.07, 6.45) is 0.693. The molecule has 1 amide bonds. The Morgan fingerprint density at radius 1 is 1.35 bits per heavy atom. The molecule has 0 saturated carbocycles. The zero-order valence-corrected chi connectivity index (χ0v) is 16.8. The van der Waals surface area contributed by atoms with Crippen molar-refractivity contribution in [3.8, 4) is 17.2 Å². The number of nitrogens with one attached hydrogen (secondary N) is 1. The summed E-state index contributed by atoms with van der Waals surface area (Å²) in [5.41, 5.74) is 3.88. The Kier molecular flexibility index (Phi) is 6.88. The van der Waals surface area contributed by atoms with E-state index in [0.717, 1.165) is 5.56 Å². The molecule has 2 rings (SSSR count). The van der Waals surface area contributed by atoms with Gasteiger partial charge in [0.25, 0.3) is 5.91 Å². The number of hydrogen-bond acceptors (Lipinski definition) is 5. The Morgan fingerprint density at radius 3 is 2.73 bits per heavy atom. The SMILES string of the molecule is COc1cc(/C=N\NC(=O)[C@H](C)Oc2ccc(Cl)cc2C)cc(Br)c1O. The van der Waals surface area contributed by atoms with Crippen molar-refractivity contribution in [3.05, 3.63) is 51.0 Å². The number of phenols is 1. The van der Waals surface area contributed by atoms with Gasteiger partial charge in [-0.05, 0) is 71.2 Å². The van der Waals surface area contributed by atoms with Gasteiger partial charge in [-0.3, -0.25) is 4.79 Å². The lowest BCUT2D eigenvalue weighted by Crippen LogP contribution is -2.33. The predicted molar refractivity (Wildman–Crippen MR) is 104 cm³/mol. The van der Waals surface area contributed by atoms with Gasteiger partial charge in [0.05, 0.1) is 17.8 Å². The number of methoxy groups -OCH3 is 1. The molecule has 2 aromatic rings. The molecule has 2 N–H and O–H groups in total. The van der Waals surface area contributed by atoms with E-state index in [0.29, 0.717) is 26.6 Å². The van der Waals surface area contributed by atoms with Crippen LogP contribution >= 0.6 is 27.5 Å². The molecular weight excluding hydrogens is 424 g/mol. The molecule has 1 atom stereocenters.